The summed E-state index contributed by atoms with van der Waals surface area (Å²) in [6, 6.07) is 7.56. The number of H-pyrrole nitrogens is 1. The fourth-order valence-electron chi connectivity index (χ4n) is 2.04. The number of aromatic nitrogens is 2. The molecule has 1 amide bonds. The minimum Gasteiger partial charge on any atom is -0.339 e. The second-order valence-corrected chi connectivity index (χ2v) is 4.55. The molecule has 0 spiro atoms. The lowest BCUT2D eigenvalue weighted by atomic mass is 10.2. The lowest BCUT2D eigenvalue weighted by Crippen LogP contribution is -2.05. The molecule has 2 aromatic heterocycles. The van der Waals surface area contributed by atoms with Crippen molar-refractivity contribution in [3.8, 4) is 0 Å². The third-order valence-corrected chi connectivity index (χ3v) is 2.94. The summed E-state index contributed by atoms with van der Waals surface area (Å²) in [6.07, 6.45) is 1.61. The van der Waals surface area contributed by atoms with Crippen LogP contribution in [0.3, 0.4) is 0 Å². The highest BCUT2D eigenvalue weighted by Gasteiger charge is 2.07. The van der Waals surface area contributed by atoms with Crippen LogP contribution in [-0.2, 0) is 4.79 Å². The Bertz CT molecular complexity index is 763. The zero-order valence-corrected chi connectivity index (χ0v) is 10.4. The highest BCUT2D eigenvalue weighted by molar-refractivity contribution is 6.31. The first-order valence-corrected chi connectivity index (χ1v) is 5.86. The van der Waals surface area contributed by atoms with Crippen molar-refractivity contribution in [2.45, 2.75) is 6.92 Å². The molecule has 2 heterocycles. The van der Waals surface area contributed by atoms with Gasteiger partial charge >= 0.3 is 0 Å². The Kier molecular flexibility index (Phi) is 2.45. The van der Waals surface area contributed by atoms with Crippen LogP contribution in [0.2, 0.25) is 5.02 Å². The predicted octanol–water partition coefficient (Wildman–Crippen LogP) is 3.33. The van der Waals surface area contributed by atoms with Crippen LogP contribution >= 0.6 is 11.6 Å². The van der Waals surface area contributed by atoms with E-state index in [0.29, 0.717) is 5.02 Å². The first-order chi connectivity index (χ1) is 8.63. The quantitative estimate of drug-likeness (QED) is 0.704. The number of benzene rings is 1. The molecule has 0 saturated heterocycles. The number of halogens is 1. The number of carbonyl (C=O) groups excluding carboxylic acids is 1. The van der Waals surface area contributed by atoms with Crippen molar-refractivity contribution in [1.82, 2.24) is 9.97 Å². The molecule has 0 aliphatic heterocycles. The van der Waals surface area contributed by atoms with Crippen molar-refractivity contribution < 1.29 is 4.79 Å². The molecule has 3 rings (SSSR count). The van der Waals surface area contributed by atoms with Crippen LogP contribution in [0.25, 0.3) is 21.9 Å². The maximum absolute atomic E-state index is 11.0. The van der Waals surface area contributed by atoms with Gasteiger partial charge in [0.25, 0.3) is 0 Å². The summed E-state index contributed by atoms with van der Waals surface area (Å²) in [5, 5.41) is 5.37. The second-order valence-electron chi connectivity index (χ2n) is 4.12. The largest absolute Gasteiger partial charge is 0.339 e. The Hall–Kier alpha value is -2.07. The molecule has 0 radical (unpaired) electrons. The Morgan fingerprint density at radius 3 is 2.94 bits per heavy atom. The second kappa shape index (κ2) is 3.99. The van der Waals surface area contributed by atoms with Gasteiger partial charge in [0.15, 0.2) is 0 Å². The number of hydrogen-bond donors (Lipinski definition) is 2. The van der Waals surface area contributed by atoms with Gasteiger partial charge in [0.2, 0.25) is 5.91 Å². The number of fused-ring (bicyclic) bond motifs is 3. The van der Waals surface area contributed by atoms with E-state index in [1.165, 1.54) is 6.92 Å². The normalized spacial score (nSPS) is 11.0. The van der Waals surface area contributed by atoms with E-state index in [1.807, 2.05) is 24.3 Å². The van der Waals surface area contributed by atoms with Gasteiger partial charge in [0.05, 0.1) is 5.02 Å². The Labute approximate surface area is 108 Å². The molecule has 0 fully saturated rings. The van der Waals surface area contributed by atoms with Gasteiger partial charge < -0.3 is 10.3 Å². The first-order valence-electron chi connectivity index (χ1n) is 5.48. The summed E-state index contributed by atoms with van der Waals surface area (Å²) in [5.41, 5.74) is 2.47. The van der Waals surface area contributed by atoms with Crippen LogP contribution in [0, 0.1) is 0 Å². The number of amides is 1. The molecule has 3 aromatic rings. The molecular weight excluding hydrogens is 250 g/mol. The van der Waals surface area contributed by atoms with Gasteiger partial charge in [-0.15, -0.1) is 0 Å². The van der Waals surface area contributed by atoms with Crippen molar-refractivity contribution in [2.75, 3.05) is 5.32 Å². The number of nitrogens with one attached hydrogen (secondary N) is 2. The van der Waals surface area contributed by atoms with Crippen molar-refractivity contribution in [3.05, 3.63) is 35.5 Å². The third-order valence-electron chi connectivity index (χ3n) is 2.74. The molecule has 90 valence electrons. The van der Waals surface area contributed by atoms with E-state index in [-0.39, 0.29) is 5.91 Å². The number of rotatable bonds is 1. The standard InChI is InChI=1S/C13H10ClN3O/c1-7(18)16-9-2-3-10-11-4-8(14)6-15-13(11)17-12(10)5-9/h2-6H,1H3,(H,15,17)(H,16,18). The average Bonchev–Trinajstić information content (AvgIpc) is 2.65. The lowest BCUT2D eigenvalue weighted by molar-refractivity contribution is -0.114. The average molecular weight is 260 g/mol. The number of nitrogens with zero attached hydrogens (tertiary/aromatic N) is 1. The van der Waals surface area contributed by atoms with Gasteiger partial charge in [-0.05, 0) is 18.2 Å². The summed E-state index contributed by atoms with van der Waals surface area (Å²) in [5.74, 6) is -0.0911. The number of carbonyl (C=O) groups is 1. The first kappa shape index (κ1) is 11.0. The summed E-state index contributed by atoms with van der Waals surface area (Å²) >= 11 is 5.94. The molecule has 0 aliphatic rings. The van der Waals surface area contributed by atoms with E-state index in [1.54, 1.807) is 6.20 Å². The predicted molar refractivity (Wildman–Crippen MR) is 72.9 cm³/mol. The molecule has 2 N–H and O–H groups in total. The van der Waals surface area contributed by atoms with Gasteiger partial charge in [-0.25, -0.2) is 4.98 Å². The van der Waals surface area contributed by atoms with Crippen molar-refractivity contribution in [3.63, 3.8) is 0 Å². The van der Waals surface area contributed by atoms with E-state index in [0.717, 1.165) is 27.6 Å². The molecule has 0 atom stereocenters. The summed E-state index contributed by atoms with van der Waals surface area (Å²) < 4.78 is 0. The maximum atomic E-state index is 11.0. The SMILES string of the molecule is CC(=O)Nc1ccc2c(c1)[nH]c1ncc(Cl)cc12. The molecular formula is C13H10ClN3O. The number of aromatic amines is 1. The van der Waals surface area contributed by atoms with E-state index in [9.17, 15) is 4.79 Å². The molecule has 4 nitrogen and oxygen atoms in total. The highest BCUT2D eigenvalue weighted by Crippen LogP contribution is 2.28. The molecule has 0 saturated carbocycles. The topological polar surface area (TPSA) is 57.8 Å². The summed E-state index contributed by atoms with van der Waals surface area (Å²) in [7, 11) is 0. The maximum Gasteiger partial charge on any atom is 0.221 e. The zero-order chi connectivity index (χ0) is 12.7. The number of anilines is 1. The van der Waals surface area contributed by atoms with Crippen LogP contribution < -0.4 is 5.32 Å². The van der Waals surface area contributed by atoms with E-state index >= 15 is 0 Å². The number of pyridine rings is 1. The Morgan fingerprint density at radius 1 is 1.33 bits per heavy atom. The minimum atomic E-state index is -0.0911. The van der Waals surface area contributed by atoms with Crippen LogP contribution in [0.1, 0.15) is 6.92 Å². The van der Waals surface area contributed by atoms with Gasteiger partial charge in [-0.3, -0.25) is 4.79 Å². The van der Waals surface area contributed by atoms with Gasteiger partial charge in [0, 0.05) is 35.1 Å². The minimum absolute atomic E-state index is 0.0911. The molecule has 0 bridgehead atoms. The van der Waals surface area contributed by atoms with Gasteiger partial charge in [-0.1, -0.05) is 17.7 Å². The van der Waals surface area contributed by atoms with Crippen molar-refractivity contribution in [2.24, 2.45) is 0 Å². The smallest absolute Gasteiger partial charge is 0.221 e. The van der Waals surface area contributed by atoms with E-state index in [4.69, 9.17) is 11.6 Å². The lowest BCUT2D eigenvalue weighted by Gasteiger charge is -2.01. The number of hydrogen-bond acceptors (Lipinski definition) is 2. The third kappa shape index (κ3) is 1.80. The summed E-state index contributed by atoms with van der Waals surface area (Å²) in [4.78, 5) is 18.4. The molecule has 18 heavy (non-hydrogen) atoms. The highest BCUT2D eigenvalue weighted by atomic mass is 35.5. The van der Waals surface area contributed by atoms with Crippen LogP contribution in [0.4, 0.5) is 5.69 Å². The fourth-order valence-corrected chi connectivity index (χ4v) is 2.19. The zero-order valence-electron chi connectivity index (χ0n) is 9.62. The van der Waals surface area contributed by atoms with Gasteiger partial charge in [-0.2, -0.15) is 0 Å². The Balaban J connectivity index is 2.23. The molecule has 0 unspecified atom stereocenters. The van der Waals surface area contributed by atoms with Crippen LogP contribution in [0.15, 0.2) is 30.5 Å². The van der Waals surface area contributed by atoms with Crippen molar-refractivity contribution in [1.29, 1.82) is 0 Å². The van der Waals surface area contributed by atoms with E-state index < -0.39 is 0 Å². The van der Waals surface area contributed by atoms with Crippen LogP contribution in [-0.4, -0.2) is 15.9 Å². The molecule has 0 aliphatic carbocycles. The summed E-state index contributed by atoms with van der Waals surface area (Å²) in [6.45, 7) is 1.48. The van der Waals surface area contributed by atoms with Gasteiger partial charge in [0.1, 0.15) is 5.65 Å². The van der Waals surface area contributed by atoms with Crippen LogP contribution in [0.5, 0.6) is 0 Å². The molecule has 5 heteroatoms. The van der Waals surface area contributed by atoms with Crippen molar-refractivity contribution >= 4 is 45.1 Å². The van der Waals surface area contributed by atoms with E-state index in [2.05, 4.69) is 15.3 Å². The monoisotopic (exact) mass is 259 g/mol. The molecule has 1 aromatic carbocycles. The Morgan fingerprint density at radius 2 is 2.17 bits per heavy atom. The fraction of sp³-hybridized carbons (Fsp3) is 0.0769.